The number of hydrogen-bond acceptors (Lipinski definition) is 6. The van der Waals surface area contributed by atoms with Crippen molar-refractivity contribution in [1.82, 2.24) is 15.3 Å². The first kappa shape index (κ1) is 16.2. The average molecular weight is 315 g/mol. The van der Waals surface area contributed by atoms with Crippen LogP contribution >= 0.6 is 0 Å². The number of rotatable bonds is 5. The zero-order chi connectivity index (χ0) is 16.7. The molecule has 2 aromatic rings. The summed E-state index contributed by atoms with van der Waals surface area (Å²) < 4.78 is 4.72. The molecule has 0 aromatic carbocycles. The van der Waals surface area contributed by atoms with Crippen LogP contribution in [0.2, 0.25) is 0 Å². The van der Waals surface area contributed by atoms with Gasteiger partial charge < -0.3 is 15.4 Å². The van der Waals surface area contributed by atoms with E-state index in [-0.39, 0.29) is 6.03 Å². The van der Waals surface area contributed by atoms with Gasteiger partial charge in [-0.15, -0.1) is 0 Å². The van der Waals surface area contributed by atoms with Crippen LogP contribution in [0, 0.1) is 0 Å². The number of carbonyl (C=O) groups excluding carboxylic acids is 2. The maximum absolute atomic E-state index is 11.7. The molecule has 8 nitrogen and oxygen atoms in total. The molecule has 0 fully saturated rings. The highest BCUT2D eigenvalue weighted by molar-refractivity contribution is 5.94. The molecule has 2 rings (SSSR count). The molecule has 0 unspecified atom stereocenters. The second-order valence-electron chi connectivity index (χ2n) is 4.50. The maximum Gasteiger partial charge on any atom is 0.341 e. The maximum atomic E-state index is 11.7. The Balaban J connectivity index is 2.08. The molecule has 23 heavy (non-hydrogen) atoms. The first-order valence-electron chi connectivity index (χ1n) is 6.85. The van der Waals surface area contributed by atoms with E-state index in [1.807, 2.05) is 0 Å². The van der Waals surface area contributed by atoms with Gasteiger partial charge in [-0.25, -0.2) is 19.6 Å². The third-order valence-corrected chi connectivity index (χ3v) is 2.97. The molecule has 120 valence electrons. The molecule has 0 spiro atoms. The number of aromatic nitrogens is 2. The number of nitrogens with one attached hydrogen (secondary N) is 3. The number of esters is 1. The molecular weight excluding hydrogens is 298 g/mol. The Bertz CT molecular complexity index is 705. The van der Waals surface area contributed by atoms with E-state index >= 15 is 0 Å². The monoisotopic (exact) mass is 315 g/mol. The number of urea groups is 1. The fourth-order valence-corrected chi connectivity index (χ4v) is 1.84. The molecule has 3 N–H and O–H groups in total. The van der Waals surface area contributed by atoms with Gasteiger partial charge in [-0.3, -0.25) is 5.32 Å². The SMILES string of the molecule is CNC(=O)Nc1cc(CNc2ncccc2C(=O)OC)ccn1. The number of hydrogen-bond donors (Lipinski definition) is 3. The van der Waals surface area contributed by atoms with Gasteiger partial charge in [-0.1, -0.05) is 0 Å². The number of nitrogens with zero attached hydrogens (tertiary/aromatic N) is 2. The van der Waals surface area contributed by atoms with Gasteiger partial charge in [0.25, 0.3) is 0 Å². The lowest BCUT2D eigenvalue weighted by molar-refractivity contribution is 0.0601. The van der Waals surface area contributed by atoms with Crippen molar-refractivity contribution in [1.29, 1.82) is 0 Å². The number of carbonyl (C=O) groups is 2. The molecule has 0 saturated heterocycles. The number of ether oxygens (including phenoxy) is 1. The Labute approximate surface area is 133 Å². The highest BCUT2D eigenvalue weighted by Crippen LogP contribution is 2.15. The molecule has 8 heteroatoms. The molecule has 0 radical (unpaired) electrons. The predicted octanol–water partition coefficient (Wildman–Crippen LogP) is 1.63. The van der Waals surface area contributed by atoms with E-state index in [1.165, 1.54) is 14.2 Å². The second-order valence-corrected chi connectivity index (χ2v) is 4.50. The predicted molar refractivity (Wildman–Crippen MR) is 85.2 cm³/mol. The quantitative estimate of drug-likeness (QED) is 0.724. The zero-order valence-electron chi connectivity index (χ0n) is 12.8. The van der Waals surface area contributed by atoms with Crippen LogP contribution in [0.15, 0.2) is 36.7 Å². The van der Waals surface area contributed by atoms with Gasteiger partial charge >= 0.3 is 12.0 Å². The third-order valence-electron chi connectivity index (χ3n) is 2.97. The molecule has 0 aliphatic heterocycles. The summed E-state index contributed by atoms with van der Waals surface area (Å²) in [5, 5.41) is 8.11. The largest absolute Gasteiger partial charge is 0.465 e. The minimum Gasteiger partial charge on any atom is -0.465 e. The summed E-state index contributed by atoms with van der Waals surface area (Å²) in [5.41, 5.74) is 1.22. The molecular formula is C15H17N5O3. The molecule has 2 aromatic heterocycles. The van der Waals surface area contributed by atoms with Crippen LogP contribution < -0.4 is 16.0 Å². The summed E-state index contributed by atoms with van der Waals surface area (Å²) in [6.45, 7) is 0.409. The number of anilines is 2. The van der Waals surface area contributed by atoms with Gasteiger partial charge in [0.1, 0.15) is 17.2 Å². The summed E-state index contributed by atoms with van der Waals surface area (Å²) in [6.07, 6.45) is 3.17. The molecule has 0 aliphatic carbocycles. The topological polar surface area (TPSA) is 105 Å². The summed E-state index contributed by atoms with van der Waals surface area (Å²) in [6, 6.07) is 6.47. The van der Waals surface area contributed by atoms with E-state index < -0.39 is 5.97 Å². The smallest absolute Gasteiger partial charge is 0.341 e. The minimum absolute atomic E-state index is 0.347. The first-order valence-corrected chi connectivity index (χ1v) is 6.85. The van der Waals surface area contributed by atoms with Crippen LogP contribution in [0.4, 0.5) is 16.4 Å². The van der Waals surface area contributed by atoms with Crippen molar-refractivity contribution >= 4 is 23.6 Å². The van der Waals surface area contributed by atoms with Crippen LogP contribution in [0.25, 0.3) is 0 Å². The molecule has 0 atom stereocenters. The van der Waals surface area contributed by atoms with Crippen molar-refractivity contribution < 1.29 is 14.3 Å². The van der Waals surface area contributed by atoms with Crippen LogP contribution in [-0.2, 0) is 11.3 Å². The molecule has 2 heterocycles. The van der Waals surface area contributed by atoms with E-state index in [4.69, 9.17) is 4.74 Å². The summed E-state index contributed by atoms with van der Waals surface area (Å²) in [7, 11) is 2.84. The van der Waals surface area contributed by atoms with E-state index in [1.54, 1.807) is 36.7 Å². The Morgan fingerprint density at radius 2 is 2.04 bits per heavy atom. The van der Waals surface area contributed by atoms with Crippen LogP contribution in [0.3, 0.4) is 0 Å². The van der Waals surface area contributed by atoms with Gasteiger partial charge in [0.15, 0.2) is 0 Å². The fourth-order valence-electron chi connectivity index (χ4n) is 1.84. The van der Waals surface area contributed by atoms with Gasteiger partial charge in [0.2, 0.25) is 0 Å². The van der Waals surface area contributed by atoms with Gasteiger partial charge in [0, 0.05) is 26.0 Å². The number of amides is 2. The zero-order valence-corrected chi connectivity index (χ0v) is 12.8. The normalized spacial score (nSPS) is 9.83. The van der Waals surface area contributed by atoms with Crippen molar-refractivity contribution in [2.75, 3.05) is 24.8 Å². The van der Waals surface area contributed by atoms with Crippen LogP contribution in [0.1, 0.15) is 15.9 Å². The van der Waals surface area contributed by atoms with Crippen molar-refractivity contribution in [3.8, 4) is 0 Å². The lowest BCUT2D eigenvalue weighted by Gasteiger charge is -2.10. The molecule has 0 saturated carbocycles. The lowest BCUT2D eigenvalue weighted by Crippen LogP contribution is -2.25. The van der Waals surface area contributed by atoms with Crippen molar-refractivity contribution in [2.45, 2.75) is 6.54 Å². The fraction of sp³-hybridized carbons (Fsp3) is 0.200. The minimum atomic E-state index is -0.461. The Hall–Kier alpha value is -3.16. The molecule has 2 amide bonds. The third kappa shape index (κ3) is 4.40. The van der Waals surface area contributed by atoms with Crippen molar-refractivity contribution in [3.05, 3.63) is 47.8 Å². The summed E-state index contributed by atoms with van der Waals surface area (Å²) >= 11 is 0. The first-order chi connectivity index (χ1) is 11.1. The van der Waals surface area contributed by atoms with E-state index in [0.29, 0.717) is 23.7 Å². The standard InChI is InChI=1S/C15H17N5O3/c1-16-15(22)20-12-8-10(5-7-17-12)9-19-13-11(14(21)23-2)4-3-6-18-13/h3-8H,9H2,1-2H3,(H,18,19)(H2,16,17,20,22). The Morgan fingerprint density at radius 3 is 2.78 bits per heavy atom. The van der Waals surface area contributed by atoms with Gasteiger partial charge in [-0.2, -0.15) is 0 Å². The number of pyridine rings is 2. The highest BCUT2D eigenvalue weighted by Gasteiger charge is 2.12. The lowest BCUT2D eigenvalue weighted by atomic mass is 10.2. The Kier molecular flexibility index (Phi) is 5.45. The average Bonchev–Trinajstić information content (AvgIpc) is 2.59. The highest BCUT2D eigenvalue weighted by atomic mass is 16.5. The van der Waals surface area contributed by atoms with E-state index in [2.05, 4.69) is 25.9 Å². The summed E-state index contributed by atoms with van der Waals surface area (Å²) in [4.78, 5) is 31.2. The second kappa shape index (κ2) is 7.74. The van der Waals surface area contributed by atoms with Crippen LogP contribution in [-0.4, -0.2) is 36.1 Å². The molecule has 0 bridgehead atoms. The van der Waals surface area contributed by atoms with Gasteiger partial charge in [0.05, 0.1) is 7.11 Å². The molecule has 0 aliphatic rings. The Morgan fingerprint density at radius 1 is 1.22 bits per heavy atom. The van der Waals surface area contributed by atoms with Gasteiger partial charge in [-0.05, 0) is 29.8 Å². The number of methoxy groups -OCH3 is 1. The van der Waals surface area contributed by atoms with Crippen molar-refractivity contribution in [3.63, 3.8) is 0 Å². The summed E-state index contributed by atoms with van der Waals surface area (Å²) in [5.74, 6) is 0.395. The van der Waals surface area contributed by atoms with Crippen molar-refractivity contribution in [2.24, 2.45) is 0 Å². The van der Waals surface area contributed by atoms with E-state index in [9.17, 15) is 9.59 Å². The van der Waals surface area contributed by atoms with Crippen LogP contribution in [0.5, 0.6) is 0 Å². The van der Waals surface area contributed by atoms with E-state index in [0.717, 1.165) is 5.56 Å².